The number of sulfone groups is 1. The summed E-state index contributed by atoms with van der Waals surface area (Å²) in [4.78, 5) is 12.6. The molecule has 0 aliphatic carbocycles. The number of carboxylic acids is 1. The van der Waals surface area contributed by atoms with E-state index >= 15 is 0 Å². The van der Waals surface area contributed by atoms with Crippen molar-refractivity contribution in [2.45, 2.75) is 42.4 Å². The number of unbranched alkanes of at least 4 members (excludes halogenated alkanes) is 1. The van der Waals surface area contributed by atoms with Crippen molar-refractivity contribution in [1.82, 2.24) is 0 Å². The maximum atomic E-state index is 14.2. The zero-order chi connectivity index (χ0) is 30.8. The molecule has 0 radical (unpaired) electrons. The number of carboxylic acid groups (broad SMARTS) is 1. The number of aliphatic carboxylic acids is 1. The number of carbonyl (C=O) groups is 1. The smallest absolute Gasteiger partial charge is 0.308 e. The molecule has 4 aromatic carbocycles. The van der Waals surface area contributed by atoms with Gasteiger partial charge in [0.05, 0.1) is 25.0 Å². The van der Waals surface area contributed by atoms with Gasteiger partial charge >= 0.3 is 5.97 Å². The Bertz CT molecular complexity index is 1590. The number of hydrogen-bond acceptors (Lipinski definition) is 6. The van der Waals surface area contributed by atoms with Gasteiger partial charge in [-0.25, -0.2) is 12.8 Å². The van der Waals surface area contributed by atoms with Gasteiger partial charge in [-0.3, -0.25) is 4.79 Å². The number of ether oxygens (including phenoxy) is 3. The molecular weight excluding hydrogens is 571 g/mol. The molecule has 0 aliphatic heterocycles. The topological polar surface area (TPSA) is 99.1 Å². The van der Waals surface area contributed by atoms with Crippen LogP contribution in [0.2, 0.25) is 0 Å². The Morgan fingerprint density at radius 1 is 0.814 bits per heavy atom. The van der Waals surface area contributed by atoms with E-state index in [-0.39, 0.29) is 29.5 Å². The van der Waals surface area contributed by atoms with E-state index in [9.17, 15) is 22.7 Å². The first-order valence-corrected chi connectivity index (χ1v) is 15.5. The van der Waals surface area contributed by atoms with Crippen LogP contribution in [0.5, 0.6) is 17.2 Å². The number of rotatable bonds is 15. The Morgan fingerprint density at radius 2 is 1.49 bits per heavy atom. The third kappa shape index (κ3) is 8.14. The van der Waals surface area contributed by atoms with Crippen molar-refractivity contribution in [3.63, 3.8) is 0 Å². The van der Waals surface area contributed by atoms with E-state index in [1.165, 1.54) is 44.6 Å². The molecule has 7 nitrogen and oxygen atoms in total. The molecule has 0 aromatic heterocycles. The van der Waals surface area contributed by atoms with Crippen LogP contribution in [-0.2, 0) is 27.7 Å². The lowest BCUT2D eigenvalue weighted by atomic mass is 9.92. The minimum atomic E-state index is -4.21. The molecule has 226 valence electrons. The summed E-state index contributed by atoms with van der Waals surface area (Å²) in [5, 5.41) is 8.97. The van der Waals surface area contributed by atoms with Crippen LogP contribution in [0, 0.1) is 11.7 Å². The lowest BCUT2D eigenvalue weighted by molar-refractivity contribution is -0.142. The second-order valence-corrected chi connectivity index (χ2v) is 12.2. The predicted octanol–water partition coefficient (Wildman–Crippen LogP) is 7.05. The summed E-state index contributed by atoms with van der Waals surface area (Å²) in [7, 11) is -1.36. The summed E-state index contributed by atoms with van der Waals surface area (Å²) in [5.74, 6) is -1.70. The highest BCUT2D eigenvalue weighted by molar-refractivity contribution is 7.91. The lowest BCUT2D eigenvalue weighted by Gasteiger charge is -2.25. The van der Waals surface area contributed by atoms with E-state index in [0.29, 0.717) is 29.9 Å². The Balaban J connectivity index is 1.63. The molecule has 0 spiro atoms. The second-order valence-electron chi connectivity index (χ2n) is 10.1. The molecular formula is C34H35FO7S. The van der Waals surface area contributed by atoms with E-state index in [0.717, 1.165) is 17.5 Å². The fourth-order valence-corrected chi connectivity index (χ4v) is 7.03. The van der Waals surface area contributed by atoms with E-state index in [1.54, 1.807) is 36.4 Å². The van der Waals surface area contributed by atoms with Crippen molar-refractivity contribution in [3.8, 4) is 17.2 Å². The molecule has 9 heteroatoms. The molecule has 43 heavy (non-hydrogen) atoms. The molecule has 4 rings (SSSR count). The van der Waals surface area contributed by atoms with Gasteiger partial charge in [-0.1, -0.05) is 61.0 Å². The van der Waals surface area contributed by atoms with Gasteiger partial charge < -0.3 is 19.3 Å². The second kappa shape index (κ2) is 14.7. The summed E-state index contributed by atoms with van der Waals surface area (Å²) in [5.41, 5.74) is 2.24. The van der Waals surface area contributed by atoms with Gasteiger partial charge in [0.25, 0.3) is 0 Å². The van der Waals surface area contributed by atoms with Gasteiger partial charge in [-0.2, -0.15) is 0 Å². The summed E-state index contributed by atoms with van der Waals surface area (Å²) >= 11 is 0. The summed E-state index contributed by atoms with van der Waals surface area (Å²) in [6.07, 6.45) is 2.18. The first kappa shape index (κ1) is 31.6. The Morgan fingerprint density at radius 3 is 2.12 bits per heavy atom. The predicted molar refractivity (Wildman–Crippen MR) is 162 cm³/mol. The van der Waals surface area contributed by atoms with E-state index in [4.69, 9.17) is 14.2 Å². The number of benzene rings is 4. The van der Waals surface area contributed by atoms with Crippen LogP contribution in [0.25, 0.3) is 0 Å². The maximum absolute atomic E-state index is 14.2. The van der Waals surface area contributed by atoms with Crippen LogP contribution >= 0.6 is 0 Å². The van der Waals surface area contributed by atoms with Crippen LogP contribution in [0.1, 0.15) is 41.2 Å². The molecule has 0 aliphatic rings. The molecule has 1 N–H and O–H groups in total. The quantitative estimate of drug-likeness (QED) is 0.145. The van der Waals surface area contributed by atoms with Crippen LogP contribution in [-0.4, -0.2) is 33.7 Å². The molecule has 0 heterocycles. The first-order valence-electron chi connectivity index (χ1n) is 13.9. The van der Waals surface area contributed by atoms with Crippen LogP contribution in [0.4, 0.5) is 4.39 Å². The fourth-order valence-electron chi connectivity index (χ4n) is 5.01. The van der Waals surface area contributed by atoms with Crippen LogP contribution in [0.15, 0.2) is 102 Å². The number of methoxy groups -OCH3 is 2. The average molecular weight is 607 g/mol. The minimum Gasteiger partial charge on any atom is -0.493 e. The zero-order valence-electron chi connectivity index (χ0n) is 24.1. The van der Waals surface area contributed by atoms with Crippen molar-refractivity contribution in [2.75, 3.05) is 14.2 Å². The summed E-state index contributed by atoms with van der Waals surface area (Å²) in [6, 6.07) is 26.4. The van der Waals surface area contributed by atoms with Crippen molar-refractivity contribution < 1.29 is 36.9 Å². The standard InChI is InChI=1S/C34H35FO7S/c1-40-31-21-20-29(22-32(31)41-2)43(38,39)33(30(34(36)37)11-7-6-10-24-8-4-3-5-9-24)26-14-18-28(19-15-26)42-23-25-12-16-27(35)17-13-25/h3-5,8-9,12-22,30,33H,6-7,10-11,23H2,1-2H3,(H,36,37). The Kier molecular flexibility index (Phi) is 10.8. The third-order valence-corrected chi connectivity index (χ3v) is 9.48. The SMILES string of the molecule is COc1ccc(S(=O)(=O)C(c2ccc(OCc3ccc(F)cc3)cc2)C(CCCCc2ccccc2)C(=O)O)cc1OC. The number of hydrogen-bond donors (Lipinski definition) is 1. The molecule has 0 bridgehead atoms. The van der Waals surface area contributed by atoms with E-state index in [2.05, 4.69) is 0 Å². The highest BCUT2D eigenvalue weighted by Gasteiger charge is 2.40. The zero-order valence-corrected chi connectivity index (χ0v) is 24.9. The largest absolute Gasteiger partial charge is 0.493 e. The van der Waals surface area contributed by atoms with Crippen LogP contribution in [0.3, 0.4) is 0 Å². The van der Waals surface area contributed by atoms with E-state index in [1.807, 2.05) is 30.3 Å². The highest BCUT2D eigenvalue weighted by Crippen LogP contribution is 2.41. The van der Waals surface area contributed by atoms with Gasteiger partial charge in [-0.05, 0) is 72.4 Å². The lowest BCUT2D eigenvalue weighted by Crippen LogP contribution is -2.29. The average Bonchev–Trinajstić information content (AvgIpc) is 3.02. The number of aryl methyl sites for hydroxylation is 1. The van der Waals surface area contributed by atoms with Gasteiger partial charge in [0.15, 0.2) is 21.3 Å². The van der Waals surface area contributed by atoms with Crippen molar-refractivity contribution in [1.29, 1.82) is 0 Å². The molecule has 0 fully saturated rings. The molecule has 2 unspecified atom stereocenters. The molecule has 0 saturated heterocycles. The highest BCUT2D eigenvalue weighted by atomic mass is 32.2. The van der Waals surface area contributed by atoms with E-state index < -0.39 is 27.0 Å². The van der Waals surface area contributed by atoms with Crippen LogP contribution < -0.4 is 14.2 Å². The fraction of sp³-hybridized carbons (Fsp3) is 0.265. The Hall–Kier alpha value is -4.37. The molecule has 4 aromatic rings. The first-order chi connectivity index (χ1) is 20.7. The van der Waals surface area contributed by atoms with Crippen molar-refractivity contribution in [2.24, 2.45) is 5.92 Å². The van der Waals surface area contributed by atoms with Crippen molar-refractivity contribution >= 4 is 15.8 Å². The van der Waals surface area contributed by atoms with Gasteiger partial charge in [-0.15, -0.1) is 0 Å². The molecule has 0 amide bonds. The van der Waals surface area contributed by atoms with Gasteiger partial charge in [0.1, 0.15) is 23.4 Å². The van der Waals surface area contributed by atoms with Gasteiger partial charge in [0.2, 0.25) is 0 Å². The maximum Gasteiger partial charge on any atom is 0.308 e. The number of halogens is 1. The minimum absolute atomic E-state index is 0.0673. The van der Waals surface area contributed by atoms with Crippen molar-refractivity contribution in [3.05, 3.63) is 120 Å². The third-order valence-electron chi connectivity index (χ3n) is 7.30. The molecule has 2 atom stereocenters. The normalized spacial score (nSPS) is 12.7. The monoisotopic (exact) mass is 606 g/mol. The Labute approximate surface area is 251 Å². The van der Waals surface area contributed by atoms with Gasteiger partial charge in [0, 0.05) is 6.07 Å². The molecule has 0 saturated carbocycles. The summed E-state index contributed by atoms with van der Waals surface area (Å²) in [6.45, 7) is 0.187. The summed E-state index contributed by atoms with van der Waals surface area (Å²) < 4.78 is 58.0.